The number of hydrogen-bond acceptors (Lipinski definition) is 6. The predicted molar refractivity (Wildman–Crippen MR) is 118 cm³/mol. The SMILES string of the molecule is N/N=C\N(N)CC(O)(c1ccc(F)cc1F)C(F)(F)c1ccc(OCc2ccc(Cl)cc2F)cn1. The van der Waals surface area contributed by atoms with Gasteiger partial charge in [0.05, 0.1) is 12.7 Å². The lowest BCUT2D eigenvalue weighted by Gasteiger charge is -2.37. The first-order valence-electron chi connectivity index (χ1n) is 9.81. The summed E-state index contributed by atoms with van der Waals surface area (Å²) in [5.41, 5.74) is -5.09. The molecule has 0 saturated heterocycles. The van der Waals surface area contributed by atoms with Crippen LogP contribution in [0.5, 0.6) is 5.75 Å². The molecule has 5 N–H and O–H groups in total. The fourth-order valence-electron chi connectivity index (χ4n) is 3.23. The molecule has 2 aromatic carbocycles. The van der Waals surface area contributed by atoms with Crippen LogP contribution in [-0.4, -0.2) is 28.0 Å². The third kappa shape index (κ3) is 5.61. The maximum atomic E-state index is 15.6. The first-order chi connectivity index (χ1) is 16.5. The summed E-state index contributed by atoms with van der Waals surface area (Å²) in [6.07, 6.45) is 1.64. The first kappa shape index (κ1) is 26.1. The monoisotopic (exact) mass is 515 g/mol. The summed E-state index contributed by atoms with van der Waals surface area (Å²) in [4.78, 5) is 3.63. The summed E-state index contributed by atoms with van der Waals surface area (Å²) < 4.78 is 78.3. The number of ether oxygens (including phenoxy) is 1. The van der Waals surface area contributed by atoms with E-state index in [1.165, 1.54) is 12.1 Å². The van der Waals surface area contributed by atoms with Crippen molar-refractivity contribution in [1.29, 1.82) is 0 Å². The number of benzene rings is 2. The van der Waals surface area contributed by atoms with Gasteiger partial charge < -0.3 is 15.7 Å². The summed E-state index contributed by atoms with van der Waals surface area (Å²) in [6, 6.07) is 7.60. The van der Waals surface area contributed by atoms with Gasteiger partial charge in [-0.25, -0.2) is 19.0 Å². The zero-order valence-corrected chi connectivity index (χ0v) is 18.6. The normalized spacial score (nSPS) is 13.6. The Morgan fingerprint density at radius 1 is 1.09 bits per heavy atom. The maximum Gasteiger partial charge on any atom is 0.323 e. The molecule has 0 aliphatic heterocycles. The number of halogens is 6. The van der Waals surface area contributed by atoms with Crippen LogP contribution >= 0.6 is 11.6 Å². The molecule has 0 radical (unpaired) electrons. The van der Waals surface area contributed by atoms with Gasteiger partial charge >= 0.3 is 5.92 Å². The van der Waals surface area contributed by atoms with E-state index in [-0.39, 0.29) is 22.9 Å². The van der Waals surface area contributed by atoms with Crippen LogP contribution in [0.4, 0.5) is 22.0 Å². The Morgan fingerprint density at radius 2 is 1.83 bits per heavy atom. The lowest BCUT2D eigenvalue weighted by molar-refractivity contribution is -0.203. The number of hydrazone groups is 1. The van der Waals surface area contributed by atoms with Gasteiger partial charge in [-0.15, -0.1) is 0 Å². The van der Waals surface area contributed by atoms with Gasteiger partial charge in [0, 0.05) is 22.2 Å². The van der Waals surface area contributed by atoms with Crippen molar-refractivity contribution in [2.75, 3.05) is 6.54 Å². The van der Waals surface area contributed by atoms with Crippen LogP contribution < -0.4 is 16.4 Å². The molecule has 0 bridgehead atoms. The molecule has 0 fully saturated rings. The third-order valence-electron chi connectivity index (χ3n) is 4.99. The largest absolute Gasteiger partial charge is 0.487 e. The standard InChI is InChI=1S/C22H19ClF5N5O2/c23-14-2-1-13(18(25)7-14)10-35-16-4-6-20(31-9-16)22(27,28)21(34,11-33(30)12-32-29)17-5-3-15(24)8-19(17)26/h1-9,12,34H,10-11,29-30H2/b32-12-. The Labute approximate surface area is 201 Å². The Balaban J connectivity index is 1.91. The molecule has 0 aliphatic carbocycles. The minimum Gasteiger partial charge on any atom is -0.487 e. The van der Waals surface area contributed by atoms with E-state index < -0.39 is 46.8 Å². The summed E-state index contributed by atoms with van der Waals surface area (Å²) in [6.45, 7) is -1.34. The van der Waals surface area contributed by atoms with Crippen molar-refractivity contribution < 1.29 is 31.8 Å². The van der Waals surface area contributed by atoms with Gasteiger partial charge in [0.15, 0.2) is 5.60 Å². The quantitative estimate of drug-likeness (QED) is 0.131. The zero-order valence-electron chi connectivity index (χ0n) is 17.8. The average molecular weight is 516 g/mol. The molecule has 35 heavy (non-hydrogen) atoms. The van der Waals surface area contributed by atoms with Crippen molar-refractivity contribution >= 4 is 17.9 Å². The minimum absolute atomic E-state index is 0.00567. The van der Waals surface area contributed by atoms with Crippen molar-refractivity contribution in [3.63, 3.8) is 0 Å². The highest BCUT2D eigenvalue weighted by molar-refractivity contribution is 6.30. The molecule has 13 heteroatoms. The fourth-order valence-corrected chi connectivity index (χ4v) is 3.39. The molecular formula is C22H19ClF5N5O2. The Hall–Kier alpha value is -3.48. The number of rotatable bonds is 9. The number of hydrazine groups is 1. The number of aromatic nitrogens is 1. The zero-order chi connectivity index (χ0) is 25.8. The van der Waals surface area contributed by atoms with Crippen molar-refractivity contribution in [2.45, 2.75) is 18.1 Å². The molecular weight excluding hydrogens is 497 g/mol. The van der Waals surface area contributed by atoms with E-state index in [1.54, 1.807) is 0 Å². The summed E-state index contributed by atoms with van der Waals surface area (Å²) >= 11 is 5.69. The van der Waals surface area contributed by atoms with Gasteiger partial charge in [-0.3, -0.25) is 9.99 Å². The molecule has 0 saturated carbocycles. The third-order valence-corrected chi connectivity index (χ3v) is 5.23. The van der Waals surface area contributed by atoms with Crippen LogP contribution in [0.3, 0.4) is 0 Å². The fraction of sp³-hybridized carbons (Fsp3) is 0.182. The van der Waals surface area contributed by atoms with Crippen LogP contribution in [0.2, 0.25) is 5.02 Å². The first-order valence-corrected chi connectivity index (χ1v) is 10.2. The molecule has 1 heterocycles. The van der Waals surface area contributed by atoms with E-state index in [9.17, 15) is 18.3 Å². The van der Waals surface area contributed by atoms with Gasteiger partial charge in [0.1, 0.15) is 41.8 Å². The summed E-state index contributed by atoms with van der Waals surface area (Å²) in [5.74, 6) is 3.15. The molecule has 3 rings (SSSR count). The van der Waals surface area contributed by atoms with E-state index in [2.05, 4.69) is 10.1 Å². The topological polar surface area (TPSA) is 110 Å². The van der Waals surface area contributed by atoms with E-state index in [1.807, 2.05) is 0 Å². The number of nitrogens with zero attached hydrogens (tertiary/aromatic N) is 3. The van der Waals surface area contributed by atoms with E-state index in [0.717, 1.165) is 30.7 Å². The molecule has 1 aromatic heterocycles. The number of pyridine rings is 1. The Morgan fingerprint density at radius 3 is 2.43 bits per heavy atom. The molecule has 0 aliphatic rings. The predicted octanol–water partition coefficient (Wildman–Crippen LogP) is 3.79. The van der Waals surface area contributed by atoms with E-state index >= 15 is 8.78 Å². The van der Waals surface area contributed by atoms with Gasteiger partial charge in [0.25, 0.3) is 0 Å². The molecule has 1 atom stereocenters. The average Bonchev–Trinajstić information content (AvgIpc) is 2.78. The molecule has 7 nitrogen and oxygen atoms in total. The smallest absolute Gasteiger partial charge is 0.323 e. The Bertz CT molecular complexity index is 1220. The van der Waals surface area contributed by atoms with Crippen LogP contribution in [-0.2, 0) is 18.1 Å². The second-order valence-electron chi connectivity index (χ2n) is 7.40. The van der Waals surface area contributed by atoms with Crippen LogP contribution in [0.15, 0.2) is 59.8 Å². The van der Waals surface area contributed by atoms with Crippen molar-refractivity contribution in [2.24, 2.45) is 16.8 Å². The number of alkyl halides is 2. The molecule has 3 aromatic rings. The number of nitrogens with two attached hydrogens (primary N) is 2. The van der Waals surface area contributed by atoms with Gasteiger partial charge in [-0.05, 0) is 36.4 Å². The van der Waals surface area contributed by atoms with E-state index in [4.69, 9.17) is 28.0 Å². The van der Waals surface area contributed by atoms with Gasteiger partial charge in [-0.1, -0.05) is 17.7 Å². The lowest BCUT2D eigenvalue weighted by atomic mass is 9.84. The van der Waals surface area contributed by atoms with E-state index in [0.29, 0.717) is 23.2 Å². The highest BCUT2D eigenvalue weighted by atomic mass is 35.5. The molecule has 1 unspecified atom stereocenters. The van der Waals surface area contributed by atoms with Crippen LogP contribution in [0.25, 0.3) is 0 Å². The minimum atomic E-state index is -4.26. The molecule has 0 amide bonds. The second kappa shape index (κ2) is 10.4. The van der Waals surface area contributed by atoms with Crippen LogP contribution in [0, 0.1) is 17.5 Å². The maximum absolute atomic E-state index is 15.6. The van der Waals surface area contributed by atoms with Crippen molar-refractivity contribution in [3.05, 3.63) is 94.0 Å². The highest BCUT2D eigenvalue weighted by Crippen LogP contribution is 2.46. The van der Waals surface area contributed by atoms with Gasteiger partial charge in [-0.2, -0.15) is 13.9 Å². The summed E-state index contributed by atoms with van der Waals surface area (Å²) in [5, 5.41) is 14.8. The molecule has 186 valence electrons. The number of hydrogen-bond donors (Lipinski definition) is 3. The van der Waals surface area contributed by atoms with Crippen molar-refractivity contribution in [1.82, 2.24) is 9.99 Å². The highest BCUT2D eigenvalue weighted by Gasteiger charge is 2.58. The van der Waals surface area contributed by atoms with Gasteiger partial charge in [0.2, 0.25) is 0 Å². The second-order valence-corrected chi connectivity index (χ2v) is 7.84. The van der Waals surface area contributed by atoms with Crippen molar-refractivity contribution in [3.8, 4) is 5.75 Å². The lowest BCUT2D eigenvalue weighted by Crippen LogP contribution is -2.53. The van der Waals surface area contributed by atoms with Crippen LogP contribution in [0.1, 0.15) is 16.8 Å². The summed E-state index contributed by atoms with van der Waals surface area (Å²) in [7, 11) is 0. The molecule has 0 spiro atoms. The Kier molecular flexibility index (Phi) is 7.78. The number of aliphatic hydroxyl groups is 1.